The molecule has 0 unspecified atom stereocenters. The van der Waals surface area contributed by atoms with E-state index in [1.54, 1.807) is 23.0 Å². The number of amides is 1. The number of aromatic nitrogens is 6. The van der Waals surface area contributed by atoms with E-state index in [-0.39, 0.29) is 11.8 Å². The molecule has 0 bridgehead atoms. The van der Waals surface area contributed by atoms with Gasteiger partial charge in [0, 0.05) is 55.8 Å². The Morgan fingerprint density at radius 3 is 2.61 bits per heavy atom. The molecule has 1 fully saturated rings. The number of rotatable bonds is 5. The van der Waals surface area contributed by atoms with Crippen LogP contribution in [-0.4, -0.2) is 53.6 Å². The quantitative estimate of drug-likeness (QED) is 0.636. The predicted octanol–water partition coefficient (Wildman–Crippen LogP) is 2.70. The Kier molecular flexibility index (Phi) is 5.75. The lowest BCUT2D eigenvalue weighted by molar-refractivity contribution is -0.124. The maximum atomic E-state index is 12.6. The number of hydrogen-bond donors (Lipinski definition) is 1. The Labute approximate surface area is 181 Å². The first kappa shape index (κ1) is 20.6. The minimum atomic E-state index is -0.00328. The van der Waals surface area contributed by atoms with Gasteiger partial charge in [0.1, 0.15) is 11.6 Å². The molecule has 4 rings (SSSR count). The number of aryl methyl sites for hydroxylation is 4. The van der Waals surface area contributed by atoms with Gasteiger partial charge in [0.15, 0.2) is 0 Å². The molecule has 1 N–H and O–H groups in total. The fourth-order valence-corrected chi connectivity index (χ4v) is 3.77. The van der Waals surface area contributed by atoms with Crippen LogP contribution in [0.1, 0.15) is 40.9 Å². The molecule has 0 aliphatic carbocycles. The monoisotopic (exact) mass is 418 g/mol. The van der Waals surface area contributed by atoms with E-state index in [1.807, 2.05) is 50.9 Å². The molecule has 4 heterocycles. The van der Waals surface area contributed by atoms with Crippen molar-refractivity contribution in [3.05, 3.63) is 59.1 Å². The number of anilines is 2. The number of carbonyl (C=O) groups is 1. The van der Waals surface area contributed by atoms with Crippen LogP contribution in [0.3, 0.4) is 0 Å². The first-order valence-electron chi connectivity index (χ1n) is 10.3. The number of likely N-dealkylation sites (tertiary alicyclic amines) is 1. The lowest BCUT2D eigenvalue weighted by Gasteiger charge is -2.15. The topological polar surface area (TPSA) is 102 Å². The Balaban J connectivity index is 1.45. The Morgan fingerprint density at radius 2 is 1.90 bits per heavy atom. The van der Waals surface area contributed by atoms with Gasteiger partial charge in [-0.2, -0.15) is 5.10 Å². The SMILES string of the molecule is Cc1cc(C)nc(Nc2cc([C@@H]3CCN(C(=O)/C=C/c4ccnn4C)C3)nc(C)n2)n1. The third-order valence-corrected chi connectivity index (χ3v) is 5.25. The molecule has 3 aromatic rings. The summed E-state index contributed by atoms with van der Waals surface area (Å²) in [6.45, 7) is 7.06. The third kappa shape index (κ3) is 4.93. The predicted molar refractivity (Wildman–Crippen MR) is 118 cm³/mol. The van der Waals surface area contributed by atoms with E-state index in [4.69, 9.17) is 0 Å². The van der Waals surface area contributed by atoms with Crippen LogP contribution >= 0.6 is 0 Å². The van der Waals surface area contributed by atoms with Crippen molar-refractivity contribution < 1.29 is 4.79 Å². The molecule has 0 saturated carbocycles. The van der Waals surface area contributed by atoms with Gasteiger partial charge in [-0.3, -0.25) is 9.48 Å². The van der Waals surface area contributed by atoms with Crippen molar-refractivity contribution >= 4 is 23.7 Å². The smallest absolute Gasteiger partial charge is 0.246 e. The molecule has 31 heavy (non-hydrogen) atoms. The van der Waals surface area contributed by atoms with Crippen LogP contribution in [0.15, 0.2) is 30.5 Å². The molecule has 1 atom stereocenters. The first-order chi connectivity index (χ1) is 14.9. The van der Waals surface area contributed by atoms with Crippen LogP contribution in [0.2, 0.25) is 0 Å². The summed E-state index contributed by atoms with van der Waals surface area (Å²) in [6, 6.07) is 5.72. The zero-order valence-corrected chi connectivity index (χ0v) is 18.2. The highest BCUT2D eigenvalue weighted by molar-refractivity contribution is 5.91. The number of carbonyl (C=O) groups excluding carboxylic acids is 1. The molecule has 0 spiro atoms. The molecule has 3 aromatic heterocycles. The molecule has 9 nitrogen and oxygen atoms in total. The Hall–Kier alpha value is -3.62. The number of hydrogen-bond acceptors (Lipinski definition) is 7. The van der Waals surface area contributed by atoms with Gasteiger partial charge in [-0.1, -0.05) is 0 Å². The third-order valence-electron chi connectivity index (χ3n) is 5.25. The summed E-state index contributed by atoms with van der Waals surface area (Å²) in [6.07, 6.45) is 5.97. The van der Waals surface area contributed by atoms with E-state index in [9.17, 15) is 4.79 Å². The van der Waals surface area contributed by atoms with Crippen molar-refractivity contribution in [1.29, 1.82) is 0 Å². The van der Waals surface area contributed by atoms with Gasteiger partial charge >= 0.3 is 0 Å². The highest BCUT2D eigenvalue weighted by Crippen LogP contribution is 2.28. The summed E-state index contributed by atoms with van der Waals surface area (Å²) >= 11 is 0. The normalized spacial score (nSPS) is 16.3. The van der Waals surface area contributed by atoms with E-state index in [2.05, 4.69) is 30.4 Å². The van der Waals surface area contributed by atoms with Crippen LogP contribution in [0.4, 0.5) is 11.8 Å². The van der Waals surface area contributed by atoms with Crippen molar-refractivity contribution in [2.24, 2.45) is 7.05 Å². The van der Waals surface area contributed by atoms with Crippen LogP contribution in [0.25, 0.3) is 6.08 Å². The molecular weight excluding hydrogens is 392 g/mol. The molecule has 1 aliphatic heterocycles. The van der Waals surface area contributed by atoms with Crippen LogP contribution < -0.4 is 5.32 Å². The lowest BCUT2D eigenvalue weighted by Crippen LogP contribution is -2.26. The summed E-state index contributed by atoms with van der Waals surface area (Å²) in [4.78, 5) is 32.4. The first-order valence-corrected chi connectivity index (χ1v) is 10.3. The lowest BCUT2D eigenvalue weighted by atomic mass is 10.0. The Bertz CT molecular complexity index is 1120. The molecular formula is C22H26N8O. The summed E-state index contributed by atoms with van der Waals surface area (Å²) in [5, 5.41) is 7.30. The molecule has 1 saturated heterocycles. The highest BCUT2D eigenvalue weighted by Gasteiger charge is 2.28. The maximum absolute atomic E-state index is 12.6. The number of nitrogens with zero attached hydrogens (tertiary/aromatic N) is 7. The van der Waals surface area contributed by atoms with Gasteiger partial charge in [0.2, 0.25) is 11.9 Å². The summed E-state index contributed by atoms with van der Waals surface area (Å²) < 4.78 is 1.73. The van der Waals surface area contributed by atoms with Gasteiger partial charge in [-0.05, 0) is 45.4 Å². The molecule has 9 heteroatoms. The minimum absolute atomic E-state index is 0.00328. The van der Waals surface area contributed by atoms with Crippen molar-refractivity contribution in [2.75, 3.05) is 18.4 Å². The minimum Gasteiger partial charge on any atom is -0.338 e. The highest BCUT2D eigenvalue weighted by atomic mass is 16.2. The van der Waals surface area contributed by atoms with Crippen LogP contribution in [-0.2, 0) is 11.8 Å². The van der Waals surface area contributed by atoms with E-state index in [0.29, 0.717) is 30.7 Å². The van der Waals surface area contributed by atoms with Crippen LogP contribution in [0.5, 0.6) is 0 Å². The summed E-state index contributed by atoms with van der Waals surface area (Å²) in [5.41, 5.74) is 3.60. The summed E-state index contributed by atoms with van der Waals surface area (Å²) in [5.74, 6) is 2.01. The fourth-order valence-electron chi connectivity index (χ4n) is 3.77. The van der Waals surface area contributed by atoms with Gasteiger partial charge in [-0.15, -0.1) is 0 Å². The number of nitrogens with one attached hydrogen (secondary N) is 1. The van der Waals surface area contributed by atoms with E-state index in [1.165, 1.54) is 0 Å². The largest absolute Gasteiger partial charge is 0.338 e. The van der Waals surface area contributed by atoms with E-state index >= 15 is 0 Å². The fraction of sp³-hybridized carbons (Fsp3) is 0.364. The molecule has 1 amide bonds. The van der Waals surface area contributed by atoms with Crippen molar-refractivity contribution in [3.8, 4) is 0 Å². The zero-order valence-electron chi connectivity index (χ0n) is 18.2. The van der Waals surface area contributed by atoms with E-state index < -0.39 is 0 Å². The van der Waals surface area contributed by atoms with Crippen molar-refractivity contribution in [2.45, 2.75) is 33.1 Å². The maximum Gasteiger partial charge on any atom is 0.246 e. The standard InChI is InChI=1S/C22H26N8O/c1-14-11-15(2)25-22(24-14)28-20-12-19(26-16(3)27-20)17-8-10-30(13-17)21(31)6-5-18-7-9-23-29(18)4/h5-7,9,11-12,17H,8,10,13H2,1-4H3,(H,24,25,26,27,28)/b6-5+/t17-/m1/s1. The van der Waals surface area contributed by atoms with Gasteiger partial charge < -0.3 is 10.2 Å². The Morgan fingerprint density at radius 1 is 1.13 bits per heavy atom. The average molecular weight is 419 g/mol. The van der Waals surface area contributed by atoms with E-state index in [0.717, 1.165) is 29.2 Å². The summed E-state index contributed by atoms with van der Waals surface area (Å²) in [7, 11) is 1.85. The molecule has 0 radical (unpaired) electrons. The van der Waals surface area contributed by atoms with Gasteiger partial charge in [-0.25, -0.2) is 19.9 Å². The molecule has 0 aromatic carbocycles. The second-order valence-electron chi connectivity index (χ2n) is 7.81. The van der Waals surface area contributed by atoms with Crippen molar-refractivity contribution in [1.82, 2.24) is 34.6 Å². The zero-order chi connectivity index (χ0) is 22.0. The second kappa shape index (κ2) is 8.63. The van der Waals surface area contributed by atoms with Crippen molar-refractivity contribution in [3.63, 3.8) is 0 Å². The molecule has 1 aliphatic rings. The molecule has 160 valence electrons. The van der Waals surface area contributed by atoms with Gasteiger partial charge in [0.25, 0.3) is 0 Å². The van der Waals surface area contributed by atoms with Crippen LogP contribution in [0, 0.1) is 20.8 Å². The van der Waals surface area contributed by atoms with Gasteiger partial charge in [0.05, 0.1) is 11.4 Å². The second-order valence-corrected chi connectivity index (χ2v) is 7.81. The average Bonchev–Trinajstić information content (AvgIpc) is 3.34.